The Hall–Kier alpha value is 0.110. The molecular weight excluding hydrogens is 347 g/mol. The van der Waals surface area contributed by atoms with Gasteiger partial charge in [0.05, 0.1) is 6.10 Å². The van der Waals surface area contributed by atoms with Crippen LogP contribution < -0.4 is 0 Å². The van der Waals surface area contributed by atoms with Gasteiger partial charge in [-0.2, -0.15) is 0 Å². The van der Waals surface area contributed by atoms with Gasteiger partial charge in [-0.3, -0.25) is 4.52 Å². The number of phosphoric ester groups is 1. The van der Waals surface area contributed by atoms with E-state index in [1.54, 1.807) is 6.92 Å². The second-order valence-corrected chi connectivity index (χ2v) is 9.04. The average Bonchev–Trinajstić information content (AvgIpc) is 2.56. The molecule has 0 aliphatic carbocycles. The lowest BCUT2D eigenvalue weighted by molar-refractivity contribution is 0.136. The highest BCUT2D eigenvalue weighted by Gasteiger charge is 2.18. The Morgan fingerprint density at radius 2 is 0.962 bits per heavy atom. The van der Waals surface area contributed by atoms with Crippen LogP contribution in [0.5, 0.6) is 0 Å². The van der Waals surface area contributed by atoms with Gasteiger partial charge in [0.25, 0.3) is 0 Å². The minimum Gasteiger partial charge on any atom is -0.303 e. The van der Waals surface area contributed by atoms with Crippen molar-refractivity contribution in [1.82, 2.24) is 0 Å². The summed E-state index contributed by atoms with van der Waals surface area (Å²) in [5, 5.41) is 0. The van der Waals surface area contributed by atoms with Crippen molar-refractivity contribution in [2.45, 2.75) is 136 Å². The van der Waals surface area contributed by atoms with Gasteiger partial charge in [-0.25, -0.2) is 4.57 Å². The van der Waals surface area contributed by atoms with Crippen LogP contribution in [0.3, 0.4) is 0 Å². The van der Waals surface area contributed by atoms with Crippen LogP contribution in [0, 0.1) is 0 Å². The summed E-state index contributed by atoms with van der Waals surface area (Å²) in [7, 11) is -4.31. The maximum atomic E-state index is 10.7. The van der Waals surface area contributed by atoms with E-state index in [2.05, 4.69) is 11.4 Å². The summed E-state index contributed by atoms with van der Waals surface area (Å²) in [5.41, 5.74) is 0. The van der Waals surface area contributed by atoms with Crippen LogP contribution in [-0.2, 0) is 9.09 Å². The lowest BCUT2D eigenvalue weighted by Gasteiger charge is -2.13. The third-order valence-electron chi connectivity index (χ3n) is 5.03. The van der Waals surface area contributed by atoms with Gasteiger partial charge in [0, 0.05) is 0 Å². The van der Waals surface area contributed by atoms with E-state index in [1.165, 1.54) is 96.3 Å². The van der Waals surface area contributed by atoms with E-state index in [0.717, 1.165) is 19.3 Å². The molecule has 0 bridgehead atoms. The Bertz CT molecular complexity index is 330. The molecule has 0 saturated carbocycles. The van der Waals surface area contributed by atoms with E-state index >= 15 is 0 Å². The fourth-order valence-corrected chi connectivity index (χ4v) is 4.02. The summed E-state index contributed by atoms with van der Waals surface area (Å²) >= 11 is 0. The molecule has 0 aliphatic rings. The number of unbranched alkanes of at least 4 members (excludes halogenated alkanes) is 16. The van der Waals surface area contributed by atoms with E-state index in [9.17, 15) is 4.57 Å². The Labute approximate surface area is 162 Å². The van der Waals surface area contributed by atoms with Crippen molar-refractivity contribution >= 4 is 7.82 Å². The minimum absolute atomic E-state index is 0.354. The molecule has 0 saturated heterocycles. The van der Waals surface area contributed by atoms with E-state index in [0.29, 0.717) is 0 Å². The van der Waals surface area contributed by atoms with Gasteiger partial charge in [0.15, 0.2) is 0 Å². The lowest BCUT2D eigenvalue weighted by Crippen LogP contribution is -2.05. The van der Waals surface area contributed by atoms with Crippen LogP contribution in [0.15, 0.2) is 0 Å². The lowest BCUT2D eigenvalue weighted by atomic mass is 10.0. The van der Waals surface area contributed by atoms with Crippen molar-refractivity contribution < 1.29 is 18.9 Å². The van der Waals surface area contributed by atoms with Gasteiger partial charge in [0.1, 0.15) is 0 Å². The maximum absolute atomic E-state index is 10.7. The van der Waals surface area contributed by atoms with E-state index < -0.39 is 7.82 Å². The van der Waals surface area contributed by atoms with Gasteiger partial charge in [-0.05, 0) is 13.3 Å². The van der Waals surface area contributed by atoms with Crippen molar-refractivity contribution in [2.75, 3.05) is 0 Å². The first kappa shape index (κ1) is 26.1. The highest BCUT2D eigenvalue weighted by Crippen LogP contribution is 2.38. The average molecular weight is 393 g/mol. The molecule has 0 fully saturated rings. The second kappa shape index (κ2) is 18.5. The highest BCUT2D eigenvalue weighted by atomic mass is 31.2. The molecular formula is C21H45O4P. The van der Waals surface area contributed by atoms with Gasteiger partial charge in [-0.1, -0.05) is 116 Å². The first-order valence-electron chi connectivity index (χ1n) is 11.2. The van der Waals surface area contributed by atoms with Gasteiger partial charge >= 0.3 is 7.82 Å². The fourth-order valence-electron chi connectivity index (χ4n) is 3.44. The smallest absolute Gasteiger partial charge is 0.303 e. The highest BCUT2D eigenvalue weighted by molar-refractivity contribution is 7.46. The molecule has 2 N–H and O–H groups in total. The molecule has 0 amide bonds. The maximum Gasteiger partial charge on any atom is 0.469 e. The summed E-state index contributed by atoms with van der Waals surface area (Å²) in [6, 6.07) is 0. The summed E-state index contributed by atoms with van der Waals surface area (Å²) in [6.45, 7) is 4.00. The van der Waals surface area contributed by atoms with E-state index in [1.807, 2.05) is 0 Å². The van der Waals surface area contributed by atoms with Crippen molar-refractivity contribution in [3.8, 4) is 0 Å². The Kier molecular flexibility index (Phi) is 18.6. The van der Waals surface area contributed by atoms with Gasteiger partial charge in [-0.15, -0.1) is 0 Å². The van der Waals surface area contributed by atoms with Crippen molar-refractivity contribution in [3.05, 3.63) is 0 Å². The quantitative estimate of drug-likeness (QED) is 0.166. The Morgan fingerprint density at radius 1 is 0.654 bits per heavy atom. The number of hydrogen-bond acceptors (Lipinski definition) is 2. The minimum atomic E-state index is -4.31. The molecule has 0 aromatic heterocycles. The van der Waals surface area contributed by atoms with E-state index in [-0.39, 0.29) is 6.10 Å². The van der Waals surface area contributed by atoms with Crippen LogP contribution in [0.25, 0.3) is 0 Å². The SMILES string of the molecule is CCCCCCCCCCCCCCCCCCCC(C)OP(=O)(O)O. The molecule has 158 valence electrons. The molecule has 0 radical (unpaired) electrons. The van der Waals surface area contributed by atoms with Crippen LogP contribution in [0.2, 0.25) is 0 Å². The third-order valence-corrected chi connectivity index (χ3v) is 5.67. The molecule has 26 heavy (non-hydrogen) atoms. The molecule has 5 heteroatoms. The predicted octanol–water partition coefficient (Wildman–Crippen LogP) is 7.53. The summed E-state index contributed by atoms with van der Waals surface area (Å²) in [4.78, 5) is 17.4. The van der Waals surface area contributed by atoms with Crippen LogP contribution in [0.4, 0.5) is 0 Å². The molecule has 0 heterocycles. The van der Waals surface area contributed by atoms with E-state index in [4.69, 9.17) is 9.79 Å². The van der Waals surface area contributed by atoms with Crippen molar-refractivity contribution in [3.63, 3.8) is 0 Å². The fraction of sp³-hybridized carbons (Fsp3) is 1.00. The molecule has 1 atom stereocenters. The molecule has 0 aromatic carbocycles. The zero-order valence-corrected chi connectivity index (χ0v) is 18.4. The monoisotopic (exact) mass is 392 g/mol. The summed E-state index contributed by atoms with van der Waals surface area (Å²) in [5.74, 6) is 0. The van der Waals surface area contributed by atoms with Crippen LogP contribution in [0.1, 0.15) is 129 Å². The first-order chi connectivity index (χ1) is 12.5. The molecule has 0 aromatic rings. The normalized spacial score (nSPS) is 13.2. The Morgan fingerprint density at radius 3 is 1.27 bits per heavy atom. The topological polar surface area (TPSA) is 66.8 Å². The zero-order chi connectivity index (χ0) is 19.5. The molecule has 1 unspecified atom stereocenters. The standard InChI is InChI=1S/C21H45O4P/c1-3-4-5-6-7-8-9-10-11-12-13-14-15-16-17-18-19-20-21(2)25-26(22,23)24/h21H,3-20H2,1-2H3,(H2,22,23,24). The summed E-state index contributed by atoms with van der Waals surface area (Å²) in [6.07, 6.45) is 23.2. The zero-order valence-electron chi connectivity index (χ0n) is 17.5. The first-order valence-corrected chi connectivity index (χ1v) is 12.7. The number of hydrogen-bond donors (Lipinski definition) is 2. The summed E-state index contributed by atoms with van der Waals surface area (Å²) < 4.78 is 15.3. The number of phosphoric acid groups is 1. The second-order valence-electron chi connectivity index (χ2n) is 7.85. The largest absolute Gasteiger partial charge is 0.469 e. The predicted molar refractivity (Wildman–Crippen MR) is 111 cm³/mol. The molecule has 0 rings (SSSR count). The Balaban J connectivity index is 3.12. The van der Waals surface area contributed by atoms with Gasteiger partial charge in [0.2, 0.25) is 0 Å². The third kappa shape index (κ3) is 22.2. The molecule has 0 spiro atoms. The van der Waals surface area contributed by atoms with Crippen molar-refractivity contribution in [2.24, 2.45) is 0 Å². The molecule has 4 nitrogen and oxygen atoms in total. The molecule has 0 aliphatic heterocycles. The number of rotatable bonds is 20. The van der Waals surface area contributed by atoms with Gasteiger partial charge < -0.3 is 9.79 Å². The van der Waals surface area contributed by atoms with Crippen LogP contribution in [-0.4, -0.2) is 15.9 Å². The van der Waals surface area contributed by atoms with Crippen LogP contribution >= 0.6 is 7.82 Å². The van der Waals surface area contributed by atoms with Crippen molar-refractivity contribution in [1.29, 1.82) is 0 Å².